The van der Waals surface area contributed by atoms with Crippen LogP contribution in [0.1, 0.15) is 38.2 Å². The van der Waals surface area contributed by atoms with Gasteiger partial charge in [0.05, 0.1) is 6.42 Å². The first-order chi connectivity index (χ1) is 8.88. The molecule has 0 aliphatic rings. The second-order valence-corrected chi connectivity index (χ2v) is 4.77. The summed E-state index contributed by atoms with van der Waals surface area (Å²) >= 11 is 0. The minimum atomic E-state index is -0.980. The first kappa shape index (κ1) is 15.1. The number of carbonyl (C=O) groups excluding carboxylic acids is 1. The molecule has 1 aromatic carbocycles. The largest absolute Gasteiger partial charge is 0.481 e. The van der Waals surface area contributed by atoms with Crippen molar-refractivity contribution in [3.63, 3.8) is 0 Å². The van der Waals surface area contributed by atoms with Crippen LogP contribution in [0.5, 0.6) is 0 Å². The zero-order valence-electron chi connectivity index (χ0n) is 11.0. The molecule has 1 amide bonds. The number of amides is 1. The highest BCUT2D eigenvalue weighted by Gasteiger charge is 2.19. The maximum Gasteiger partial charge on any atom is 0.303 e. The second kappa shape index (κ2) is 6.87. The number of nitrogens with one attached hydrogen (secondary N) is 1. The molecule has 0 heterocycles. The first-order valence-electron chi connectivity index (χ1n) is 6.15. The van der Waals surface area contributed by atoms with Crippen LogP contribution in [0.2, 0.25) is 0 Å². The normalized spacial score (nSPS) is 12.2. The Morgan fingerprint density at radius 3 is 2.26 bits per heavy atom. The van der Waals surface area contributed by atoms with E-state index >= 15 is 0 Å². The molecule has 19 heavy (non-hydrogen) atoms. The third-order valence-electron chi connectivity index (χ3n) is 2.64. The van der Waals surface area contributed by atoms with Crippen LogP contribution in [0.25, 0.3) is 0 Å². The third kappa shape index (κ3) is 5.50. The van der Waals surface area contributed by atoms with Gasteiger partial charge in [-0.15, -0.1) is 0 Å². The molecular formula is C14H18FNO3. The Labute approximate surface area is 111 Å². The topological polar surface area (TPSA) is 66.4 Å². The van der Waals surface area contributed by atoms with E-state index in [9.17, 15) is 14.0 Å². The number of benzene rings is 1. The lowest BCUT2D eigenvalue weighted by molar-refractivity contribution is -0.137. The minimum absolute atomic E-state index is 0.00574. The molecule has 0 radical (unpaired) electrons. The highest BCUT2D eigenvalue weighted by molar-refractivity contribution is 5.78. The van der Waals surface area contributed by atoms with Gasteiger partial charge in [-0.05, 0) is 31.5 Å². The second-order valence-electron chi connectivity index (χ2n) is 4.77. The maximum atomic E-state index is 12.9. The van der Waals surface area contributed by atoms with Crippen molar-refractivity contribution >= 4 is 11.9 Å². The van der Waals surface area contributed by atoms with Crippen molar-refractivity contribution in [1.29, 1.82) is 0 Å². The van der Waals surface area contributed by atoms with Crippen LogP contribution in [0.3, 0.4) is 0 Å². The lowest BCUT2D eigenvalue weighted by Gasteiger charge is -2.16. The van der Waals surface area contributed by atoms with Gasteiger partial charge >= 0.3 is 5.97 Å². The van der Waals surface area contributed by atoms with Gasteiger partial charge in [-0.25, -0.2) is 4.39 Å². The Balaban J connectivity index is 2.79. The van der Waals surface area contributed by atoms with Gasteiger partial charge in [0, 0.05) is 18.4 Å². The van der Waals surface area contributed by atoms with Gasteiger partial charge in [0.15, 0.2) is 0 Å². The summed E-state index contributed by atoms with van der Waals surface area (Å²) < 4.78 is 12.9. The number of hydrogen-bond acceptors (Lipinski definition) is 2. The van der Waals surface area contributed by atoms with Gasteiger partial charge in [0.2, 0.25) is 5.91 Å². The summed E-state index contributed by atoms with van der Waals surface area (Å²) in [6, 6.07) is 5.58. The molecule has 0 aliphatic carbocycles. The van der Waals surface area contributed by atoms with Gasteiger partial charge in [0.25, 0.3) is 0 Å². The number of carbonyl (C=O) groups is 2. The van der Waals surface area contributed by atoms with Crippen molar-refractivity contribution in [3.05, 3.63) is 35.6 Å². The smallest absolute Gasteiger partial charge is 0.303 e. The molecule has 0 aliphatic heterocycles. The summed E-state index contributed by atoms with van der Waals surface area (Å²) in [7, 11) is 0. The Morgan fingerprint density at radius 1 is 1.21 bits per heavy atom. The van der Waals surface area contributed by atoms with Crippen LogP contribution < -0.4 is 5.32 Å². The quantitative estimate of drug-likeness (QED) is 0.831. The van der Waals surface area contributed by atoms with E-state index in [-0.39, 0.29) is 30.6 Å². The van der Waals surface area contributed by atoms with E-state index < -0.39 is 11.9 Å². The molecule has 5 heteroatoms. The summed E-state index contributed by atoms with van der Waals surface area (Å²) in [5.41, 5.74) is 0.655. The van der Waals surface area contributed by atoms with E-state index in [4.69, 9.17) is 5.11 Å². The van der Waals surface area contributed by atoms with Gasteiger partial charge in [-0.2, -0.15) is 0 Å². The van der Waals surface area contributed by atoms with Gasteiger partial charge in [-0.3, -0.25) is 9.59 Å². The Bertz CT molecular complexity index is 443. The number of rotatable bonds is 6. The molecule has 2 N–H and O–H groups in total. The Morgan fingerprint density at radius 2 is 1.79 bits per heavy atom. The van der Waals surface area contributed by atoms with Crippen LogP contribution in [0.4, 0.5) is 4.39 Å². The van der Waals surface area contributed by atoms with Crippen molar-refractivity contribution in [2.24, 2.45) is 0 Å². The number of carboxylic acid groups (broad SMARTS) is 1. The van der Waals surface area contributed by atoms with E-state index in [0.717, 1.165) is 0 Å². The molecule has 1 atom stereocenters. The van der Waals surface area contributed by atoms with Crippen molar-refractivity contribution < 1.29 is 19.1 Å². The standard InChI is InChI=1S/C14H18FNO3/c1-9(2)16-13(17)7-11(8-14(18)19)10-3-5-12(15)6-4-10/h3-6,9,11H,7-8H2,1-2H3,(H,16,17)(H,18,19). The van der Waals surface area contributed by atoms with Gasteiger partial charge in [-0.1, -0.05) is 12.1 Å². The lowest BCUT2D eigenvalue weighted by Crippen LogP contribution is -2.31. The molecule has 1 rings (SSSR count). The molecule has 0 saturated carbocycles. The maximum absolute atomic E-state index is 12.9. The molecule has 0 fully saturated rings. The summed E-state index contributed by atoms with van der Waals surface area (Å²) in [6.07, 6.45) is -0.0761. The van der Waals surface area contributed by atoms with E-state index in [0.29, 0.717) is 5.56 Å². The molecule has 1 aromatic rings. The minimum Gasteiger partial charge on any atom is -0.481 e. The highest BCUT2D eigenvalue weighted by Crippen LogP contribution is 2.23. The van der Waals surface area contributed by atoms with Crippen molar-refractivity contribution in [1.82, 2.24) is 5.32 Å². The zero-order valence-corrected chi connectivity index (χ0v) is 11.0. The summed E-state index contributed by atoms with van der Waals surface area (Å²) in [5.74, 6) is -2.02. The molecule has 0 spiro atoms. The monoisotopic (exact) mass is 267 g/mol. The summed E-state index contributed by atoms with van der Waals surface area (Å²) in [6.45, 7) is 3.67. The molecule has 4 nitrogen and oxygen atoms in total. The third-order valence-corrected chi connectivity index (χ3v) is 2.64. The number of aliphatic carboxylic acids is 1. The summed E-state index contributed by atoms with van der Waals surface area (Å²) in [4.78, 5) is 22.6. The van der Waals surface area contributed by atoms with E-state index in [2.05, 4.69) is 5.32 Å². The molecular weight excluding hydrogens is 249 g/mol. The predicted molar refractivity (Wildman–Crippen MR) is 69.3 cm³/mol. The average Bonchev–Trinajstić information content (AvgIpc) is 2.27. The molecule has 1 unspecified atom stereocenters. The van der Waals surface area contributed by atoms with Crippen molar-refractivity contribution in [3.8, 4) is 0 Å². The molecule has 0 bridgehead atoms. The van der Waals surface area contributed by atoms with Crippen LogP contribution >= 0.6 is 0 Å². The van der Waals surface area contributed by atoms with Gasteiger partial charge < -0.3 is 10.4 Å². The van der Waals surface area contributed by atoms with Crippen LogP contribution in [0.15, 0.2) is 24.3 Å². The predicted octanol–water partition coefficient (Wildman–Crippen LogP) is 2.30. The van der Waals surface area contributed by atoms with Crippen molar-refractivity contribution in [2.45, 2.75) is 38.6 Å². The van der Waals surface area contributed by atoms with E-state index in [1.165, 1.54) is 24.3 Å². The van der Waals surface area contributed by atoms with Gasteiger partial charge in [0.1, 0.15) is 5.82 Å². The molecule has 0 saturated heterocycles. The average molecular weight is 267 g/mol. The lowest BCUT2D eigenvalue weighted by atomic mass is 9.92. The van der Waals surface area contributed by atoms with Crippen molar-refractivity contribution in [2.75, 3.05) is 0 Å². The summed E-state index contributed by atoms with van der Waals surface area (Å²) in [5, 5.41) is 11.6. The highest BCUT2D eigenvalue weighted by atomic mass is 19.1. The van der Waals surface area contributed by atoms with Crippen LogP contribution in [-0.4, -0.2) is 23.0 Å². The Hall–Kier alpha value is -1.91. The fourth-order valence-electron chi connectivity index (χ4n) is 1.86. The number of carboxylic acids is 1. The molecule has 0 aromatic heterocycles. The van der Waals surface area contributed by atoms with E-state index in [1.54, 1.807) is 0 Å². The fourth-order valence-corrected chi connectivity index (χ4v) is 1.86. The number of halogens is 1. The van der Waals surface area contributed by atoms with Crippen LogP contribution in [-0.2, 0) is 9.59 Å². The zero-order chi connectivity index (χ0) is 14.4. The van der Waals surface area contributed by atoms with E-state index in [1.807, 2.05) is 13.8 Å². The SMILES string of the molecule is CC(C)NC(=O)CC(CC(=O)O)c1ccc(F)cc1. The first-order valence-corrected chi connectivity index (χ1v) is 6.15. The number of hydrogen-bond donors (Lipinski definition) is 2. The molecule has 104 valence electrons. The fraction of sp³-hybridized carbons (Fsp3) is 0.429. The Kier molecular flexibility index (Phi) is 5.48. The van der Waals surface area contributed by atoms with Crippen LogP contribution in [0, 0.1) is 5.82 Å².